The molecule has 0 aromatic rings. The summed E-state index contributed by atoms with van der Waals surface area (Å²) in [5, 5.41) is 0. The van der Waals surface area contributed by atoms with Gasteiger partial charge in [-0.15, -0.1) is 0 Å². The molecule has 0 saturated carbocycles. The second-order valence-electron chi connectivity index (χ2n) is 1.89. The highest BCUT2D eigenvalue weighted by atomic mass is 15.1. The Morgan fingerprint density at radius 1 is 1.78 bits per heavy atom. The molecular formula is C7H14N2. The maximum absolute atomic E-state index is 3.87. The lowest BCUT2D eigenvalue weighted by Gasteiger charge is -2.15. The van der Waals surface area contributed by atoms with Crippen molar-refractivity contribution < 1.29 is 0 Å². The van der Waals surface area contributed by atoms with E-state index < -0.39 is 0 Å². The average molecular weight is 126 g/mol. The van der Waals surface area contributed by atoms with Gasteiger partial charge in [-0.25, -0.2) is 0 Å². The van der Waals surface area contributed by atoms with Gasteiger partial charge in [-0.05, 0) is 13.8 Å². The zero-order valence-electron chi connectivity index (χ0n) is 6.39. The summed E-state index contributed by atoms with van der Waals surface area (Å²) in [4.78, 5) is 5.85. The lowest BCUT2D eigenvalue weighted by atomic mass is 10.5. The Bertz CT molecular complexity index is 116. The Hall–Kier alpha value is -0.790. The molecule has 0 aliphatic heterocycles. The van der Waals surface area contributed by atoms with Crippen LogP contribution >= 0.6 is 0 Å². The van der Waals surface area contributed by atoms with Crippen LogP contribution in [-0.4, -0.2) is 24.8 Å². The average Bonchev–Trinajstić information content (AvgIpc) is 1.82. The molecule has 0 spiro atoms. The molecule has 0 radical (unpaired) electrons. The molecule has 52 valence electrons. The van der Waals surface area contributed by atoms with Crippen molar-refractivity contribution in [2.75, 3.05) is 13.6 Å². The maximum Gasteiger partial charge on any atom is 0.0887 e. The Kier molecular flexibility index (Phi) is 3.76. The van der Waals surface area contributed by atoms with Gasteiger partial charge in [0.2, 0.25) is 0 Å². The van der Waals surface area contributed by atoms with E-state index in [1.807, 2.05) is 11.8 Å². The highest BCUT2D eigenvalue weighted by Gasteiger charge is 1.92. The zero-order valence-corrected chi connectivity index (χ0v) is 6.39. The molecule has 0 aromatic carbocycles. The molecule has 9 heavy (non-hydrogen) atoms. The van der Waals surface area contributed by atoms with Crippen LogP contribution in [0.2, 0.25) is 0 Å². The quantitative estimate of drug-likeness (QED) is 0.413. The van der Waals surface area contributed by atoms with E-state index >= 15 is 0 Å². The topological polar surface area (TPSA) is 15.6 Å². The number of hydrogen-bond acceptors (Lipinski definition) is 1. The normalized spacial score (nSPS) is 10.1. The van der Waals surface area contributed by atoms with E-state index in [-0.39, 0.29) is 0 Å². The van der Waals surface area contributed by atoms with E-state index in [9.17, 15) is 0 Å². The number of rotatable bonds is 3. The molecule has 0 saturated heterocycles. The first-order valence-corrected chi connectivity index (χ1v) is 3.06. The predicted octanol–water partition coefficient (Wildman–Crippen LogP) is 1.50. The third kappa shape index (κ3) is 2.90. The molecular weight excluding hydrogens is 112 g/mol. The highest BCUT2D eigenvalue weighted by molar-refractivity contribution is 5.57. The van der Waals surface area contributed by atoms with E-state index in [0.717, 1.165) is 12.2 Å². The van der Waals surface area contributed by atoms with Gasteiger partial charge < -0.3 is 4.90 Å². The van der Waals surface area contributed by atoms with Crippen LogP contribution in [0.5, 0.6) is 0 Å². The summed E-state index contributed by atoms with van der Waals surface area (Å²) in [6.07, 6.45) is 1.78. The molecule has 0 bridgehead atoms. The Morgan fingerprint density at radius 2 is 2.33 bits per heavy atom. The van der Waals surface area contributed by atoms with E-state index in [2.05, 4.69) is 18.5 Å². The molecule has 0 heterocycles. The van der Waals surface area contributed by atoms with Crippen LogP contribution in [0.4, 0.5) is 0 Å². The van der Waals surface area contributed by atoms with E-state index in [0.29, 0.717) is 0 Å². The van der Waals surface area contributed by atoms with Crippen molar-refractivity contribution in [2.24, 2.45) is 4.99 Å². The van der Waals surface area contributed by atoms with Gasteiger partial charge in [-0.2, -0.15) is 0 Å². The summed E-state index contributed by atoms with van der Waals surface area (Å²) in [6, 6.07) is 0. The maximum atomic E-state index is 3.87. The van der Waals surface area contributed by atoms with Crippen LogP contribution in [0.3, 0.4) is 0 Å². The molecule has 0 amide bonds. The molecule has 0 aliphatic rings. The second kappa shape index (κ2) is 4.13. The first kappa shape index (κ1) is 8.21. The Labute approximate surface area is 56.9 Å². The number of hydrogen-bond donors (Lipinski definition) is 0. The molecule has 0 unspecified atom stereocenters. The van der Waals surface area contributed by atoms with Crippen LogP contribution in [0, 0.1) is 0 Å². The van der Waals surface area contributed by atoms with Crippen LogP contribution in [0.25, 0.3) is 0 Å². The molecule has 0 rings (SSSR count). The molecule has 2 heteroatoms. The summed E-state index contributed by atoms with van der Waals surface area (Å²) in [5.41, 5.74) is 1.03. The molecule has 0 aromatic heterocycles. The van der Waals surface area contributed by atoms with Crippen LogP contribution in [0.1, 0.15) is 13.8 Å². The number of aliphatic imine (C=N–C) groups is 1. The van der Waals surface area contributed by atoms with Gasteiger partial charge in [0.25, 0.3) is 0 Å². The van der Waals surface area contributed by atoms with E-state index in [1.165, 1.54) is 0 Å². The summed E-state index contributed by atoms with van der Waals surface area (Å²) < 4.78 is 0. The number of allylic oxidation sites excluding steroid dienone is 1. The fourth-order valence-corrected chi connectivity index (χ4v) is 0.590. The van der Waals surface area contributed by atoms with E-state index in [1.54, 1.807) is 13.4 Å². The minimum absolute atomic E-state index is 0.937. The van der Waals surface area contributed by atoms with Crippen molar-refractivity contribution in [3.8, 4) is 0 Å². The predicted molar refractivity (Wildman–Crippen MR) is 41.6 cm³/mol. The standard InChI is InChI=1S/C7H14N2/c1-5-9(6-8-4)7(2)3/h6H,2,5H2,1,3-4H3. The minimum Gasteiger partial charge on any atom is -0.338 e. The van der Waals surface area contributed by atoms with Crippen molar-refractivity contribution in [1.29, 1.82) is 0 Å². The Morgan fingerprint density at radius 3 is 2.44 bits per heavy atom. The summed E-state index contributed by atoms with van der Waals surface area (Å²) in [6.45, 7) is 8.75. The fraction of sp³-hybridized carbons (Fsp3) is 0.571. The SMILES string of the molecule is C=C(C)N(C=NC)CC. The van der Waals surface area contributed by atoms with Crippen molar-refractivity contribution in [3.05, 3.63) is 12.3 Å². The monoisotopic (exact) mass is 126 g/mol. The summed E-state index contributed by atoms with van der Waals surface area (Å²) in [5.74, 6) is 0. The second-order valence-corrected chi connectivity index (χ2v) is 1.89. The van der Waals surface area contributed by atoms with Gasteiger partial charge in [-0.1, -0.05) is 6.58 Å². The molecule has 2 nitrogen and oxygen atoms in total. The van der Waals surface area contributed by atoms with Gasteiger partial charge in [-0.3, -0.25) is 4.99 Å². The fourth-order valence-electron chi connectivity index (χ4n) is 0.590. The van der Waals surface area contributed by atoms with Crippen LogP contribution in [-0.2, 0) is 0 Å². The highest BCUT2D eigenvalue weighted by Crippen LogP contribution is 1.94. The van der Waals surface area contributed by atoms with Gasteiger partial charge in [0.1, 0.15) is 0 Å². The largest absolute Gasteiger partial charge is 0.338 e. The first-order chi connectivity index (χ1) is 4.22. The minimum atomic E-state index is 0.937. The Balaban J connectivity index is 3.83. The molecule has 0 fully saturated rings. The molecule has 0 atom stereocenters. The first-order valence-electron chi connectivity index (χ1n) is 3.06. The smallest absolute Gasteiger partial charge is 0.0887 e. The summed E-state index contributed by atoms with van der Waals surface area (Å²) in [7, 11) is 1.76. The van der Waals surface area contributed by atoms with Gasteiger partial charge >= 0.3 is 0 Å². The summed E-state index contributed by atoms with van der Waals surface area (Å²) >= 11 is 0. The van der Waals surface area contributed by atoms with Gasteiger partial charge in [0, 0.05) is 19.3 Å². The van der Waals surface area contributed by atoms with Gasteiger partial charge in [0.05, 0.1) is 6.34 Å². The number of nitrogens with zero attached hydrogens (tertiary/aromatic N) is 2. The van der Waals surface area contributed by atoms with Crippen molar-refractivity contribution in [1.82, 2.24) is 4.90 Å². The zero-order chi connectivity index (χ0) is 7.28. The molecule has 0 aliphatic carbocycles. The lowest BCUT2D eigenvalue weighted by Crippen LogP contribution is -2.17. The van der Waals surface area contributed by atoms with E-state index in [4.69, 9.17) is 0 Å². The van der Waals surface area contributed by atoms with Gasteiger partial charge in [0.15, 0.2) is 0 Å². The molecule has 0 N–H and O–H groups in total. The third-order valence-corrected chi connectivity index (χ3v) is 1.09. The van der Waals surface area contributed by atoms with Crippen molar-refractivity contribution >= 4 is 6.34 Å². The van der Waals surface area contributed by atoms with Crippen molar-refractivity contribution in [2.45, 2.75) is 13.8 Å². The third-order valence-electron chi connectivity index (χ3n) is 1.09. The van der Waals surface area contributed by atoms with Crippen molar-refractivity contribution in [3.63, 3.8) is 0 Å². The van der Waals surface area contributed by atoms with Crippen LogP contribution in [0.15, 0.2) is 17.3 Å². The van der Waals surface area contributed by atoms with Crippen LogP contribution < -0.4 is 0 Å². The lowest BCUT2D eigenvalue weighted by molar-refractivity contribution is 0.560.